The summed E-state index contributed by atoms with van der Waals surface area (Å²) in [5, 5.41) is 11.8. The van der Waals surface area contributed by atoms with E-state index in [2.05, 4.69) is 5.32 Å². The van der Waals surface area contributed by atoms with Gasteiger partial charge in [-0.3, -0.25) is 4.79 Å². The van der Waals surface area contributed by atoms with Crippen molar-refractivity contribution in [2.45, 2.75) is 33.1 Å². The number of unbranched alkanes of at least 4 members (excludes halogenated alkanes) is 2. The van der Waals surface area contributed by atoms with Crippen molar-refractivity contribution in [1.29, 1.82) is 0 Å². The first-order valence-electron chi connectivity index (χ1n) is 6.57. The number of hydrogen-bond donors (Lipinski definition) is 2. The van der Waals surface area contributed by atoms with Gasteiger partial charge in [-0.15, -0.1) is 0 Å². The van der Waals surface area contributed by atoms with Crippen LogP contribution in [0, 0.1) is 13.8 Å². The molecule has 0 saturated carbocycles. The largest absolute Gasteiger partial charge is 0.396 e. The molecular formula is C15H23NO2. The molecule has 1 aromatic carbocycles. The number of ketones is 1. The van der Waals surface area contributed by atoms with Gasteiger partial charge in [0, 0.05) is 12.2 Å². The Morgan fingerprint density at radius 3 is 2.61 bits per heavy atom. The Morgan fingerprint density at radius 2 is 1.94 bits per heavy atom. The predicted octanol–water partition coefficient (Wildman–Crippen LogP) is 2.24. The molecule has 0 fully saturated rings. The highest BCUT2D eigenvalue weighted by atomic mass is 16.2. The van der Waals surface area contributed by atoms with E-state index in [1.54, 1.807) is 0 Å². The summed E-state index contributed by atoms with van der Waals surface area (Å²) in [7, 11) is 0. The molecule has 100 valence electrons. The quantitative estimate of drug-likeness (QED) is 0.549. The molecule has 0 heterocycles. The minimum absolute atomic E-state index is 0.139. The minimum atomic E-state index is 0.139. The molecule has 0 amide bonds. The van der Waals surface area contributed by atoms with Crippen molar-refractivity contribution in [3.05, 3.63) is 34.9 Å². The van der Waals surface area contributed by atoms with Crippen LogP contribution < -0.4 is 5.32 Å². The van der Waals surface area contributed by atoms with E-state index >= 15 is 0 Å². The van der Waals surface area contributed by atoms with Crippen molar-refractivity contribution in [3.8, 4) is 0 Å². The number of rotatable bonds is 8. The Hall–Kier alpha value is -1.19. The molecule has 0 unspecified atom stereocenters. The van der Waals surface area contributed by atoms with Gasteiger partial charge in [0.05, 0.1) is 6.54 Å². The maximum Gasteiger partial charge on any atom is 0.176 e. The van der Waals surface area contributed by atoms with Crippen LogP contribution in [0.1, 0.15) is 40.7 Å². The summed E-state index contributed by atoms with van der Waals surface area (Å²) in [6.45, 7) is 5.54. The third-order valence-electron chi connectivity index (χ3n) is 3.13. The number of carbonyl (C=O) groups is 1. The minimum Gasteiger partial charge on any atom is -0.396 e. The Labute approximate surface area is 109 Å². The lowest BCUT2D eigenvalue weighted by molar-refractivity contribution is 0.0991. The lowest BCUT2D eigenvalue weighted by Crippen LogP contribution is -2.24. The Bertz CT molecular complexity index is 388. The number of carbonyl (C=O) groups excluding carboxylic acids is 1. The normalized spacial score (nSPS) is 10.6. The van der Waals surface area contributed by atoms with E-state index in [9.17, 15) is 4.79 Å². The second-order valence-corrected chi connectivity index (χ2v) is 4.68. The molecule has 0 aliphatic heterocycles. The number of Topliss-reactive ketones (excluding diaryl/α,β-unsaturated/α-hetero) is 1. The Balaban J connectivity index is 2.30. The zero-order valence-electron chi connectivity index (χ0n) is 11.3. The van der Waals surface area contributed by atoms with E-state index in [1.165, 1.54) is 5.56 Å². The lowest BCUT2D eigenvalue weighted by Gasteiger charge is -2.06. The van der Waals surface area contributed by atoms with Crippen LogP contribution in [0.25, 0.3) is 0 Å². The van der Waals surface area contributed by atoms with Crippen molar-refractivity contribution in [2.24, 2.45) is 0 Å². The maximum atomic E-state index is 11.9. The molecule has 18 heavy (non-hydrogen) atoms. The number of hydrogen-bond acceptors (Lipinski definition) is 3. The van der Waals surface area contributed by atoms with Crippen molar-refractivity contribution in [3.63, 3.8) is 0 Å². The van der Waals surface area contributed by atoms with Crippen molar-refractivity contribution >= 4 is 5.78 Å². The van der Waals surface area contributed by atoms with Crippen LogP contribution in [0.2, 0.25) is 0 Å². The summed E-state index contributed by atoms with van der Waals surface area (Å²) in [4.78, 5) is 11.9. The van der Waals surface area contributed by atoms with Gasteiger partial charge in [-0.1, -0.05) is 12.1 Å². The highest BCUT2D eigenvalue weighted by Gasteiger charge is 2.05. The summed E-state index contributed by atoms with van der Waals surface area (Å²) in [5.41, 5.74) is 3.15. The van der Waals surface area contributed by atoms with Gasteiger partial charge < -0.3 is 10.4 Å². The van der Waals surface area contributed by atoms with Crippen LogP contribution in [0.4, 0.5) is 0 Å². The van der Waals surface area contributed by atoms with Gasteiger partial charge in [-0.25, -0.2) is 0 Å². The first-order chi connectivity index (χ1) is 8.65. The number of aliphatic hydroxyl groups excluding tert-OH is 1. The Morgan fingerprint density at radius 1 is 1.17 bits per heavy atom. The van der Waals surface area contributed by atoms with Gasteiger partial charge in [0.2, 0.25) is 0 Å². The van der Waals surface area contributed by atoms with Crippen molar-refractivity contribution in [2.75, 3.05) is 19.7 Å². The zero-order valence-corrected chi connectivity index (χ0v) is 11.3. The summed E-state index contributed by atoms with van der Waals surface area (Å²) in [5.74, 6) is 0.139. The van der Waals surface area contributed by atoms with Crippen molar-refractivity contribution in [1.82, 2.24) is 5.32 Å². The summed E-state index contributed by atoms with van der Waals surface area (Å²) in [6.07, 6.45) is 2.84. The molecule has 3 nitrogen and oxygen atoms in total. The Kier molecular flexibility index (Phi) is 6.61. The van der Waals surface area contributed by atoms with Crippen LogP contribution in [0.5, 0.6) is 0 Å². The van der Waals surface area contributed by atoms with Crippen molar-refractivity contribution < 1.29 is 9.90 Å². The van der Waals surface area contributed by atoms with E-state index in [4.69, 9.17) is 5.11 Å². The molecule has 0 aromatic heterocycles. The molecule has 0 spiro atoms. The highest BCUT2D eigenvalue weighted by molar-refractivity contribution is 5.97. The fourth-order valence-electron chi connectivity index (χ4n) is 1.76. The third-order valence-corrected chi connectivity index (χ3v) is 3.13. The lowest BCUT2D eigenvalue weighted by atomic mass is 10.0. The van der Waals surface area contributed by atoms with Crippen LogP contribution in [-0.2, 0) is 0 Å². The molecule has 3 heteroatoms. The monoisotopic (exact) mass is 249 g/mol. The molecule has 1 aromatic rings. The van der Waals surface area contributed by atoms with Gasteiger partial charge in [-0.05, 0) is 56.8 Å². The van der Waals surface area contributed by atoms with Gasteiger partial charge in [0.15, 0.2) is 5.78 Å². The van der Waals surface area contributed by atoms with Crippen LogP contribution in [0.3, 0.4) is 0 Å². The number of aryl methyl sites for hydroxylation is 2. The molecule has 0 radical (unpaired) electrons. The number of aliphatic hydroxyl groups is 1. The van der Waals surface area contributed by atoms with E-state index in [0.717, 1.165) is 36.9 Å². The second kappa shape index (κ2) is 8.01. The predicted molar refractivity (Wildman–Crippen MR) is 74.1 cm³/mol. The fraction of sp³-hybridized carbons (Fsp3) is 0.533. The molecule has 2 N–H and O–H groups in total. The maximum absolute atomic E-state index is 11.9. The van der Waals surface area contributed by atoms with E-state index in [1.807, 2.05) is 32.0 Å². The van der Waals surface area contributed by atoms with Gasteiger partial charge in [-0.2, -0.15) is 0 Å². The molecule has 0 atom stereocenters. The molecule has 0 bridgehead atoms. The van der Waals surface area contributed by atoms with Gasteiger partial charge in [0.1, 0.15) is 0 Å². The zero-order chi connectivity index (χ0) is 13.4. The van der Waals surface area contributed by atoms with E-state index < -0.39 is 0 Å². The fourth-order valence-corrected chi connectivity index (χ4v) is 1.76. The molecular weight excluding hydrogens is 226 g/mol. The second-order valence-electron chi connectivity index (χ2n) is 4.68. The van der Waals surface area contributed by atoms with Crippen LogP contribution >= 0.6 is 0 Å². The third kappa shape index (κ3) is 4.98. The van der Waals surface area contributed by atoms with Crippen LogP contribution in [-0.4, -0.2) is 30.6 Å². The molecule has 0 aliphatic carbocycles. The van der Waals surface area contributed by atoms with Crippen LogP contribution in [0.15, 0.2) is 18.2 Å². The smallest absolute Gasteiger partial charge is 0.176 e. The first kappa shape index (κ1) is 14.9. The summed E-state index contributed by atoms with van der Waals surface area (Å²) in [6, 6.07) is 5.83. The summed E-state index contributed by atoms with van der Waals surface area (Å²) >= 11 is 0. The molecule has 0 saturated heterocycles. The van der Waals surface area contributed by atoms with E-state index in [-0.39, 0.29) is 12.4 Å². The highest BCUT2D eigenvalue weighted by Crippen LogP contribution is 2.10. The van der Waals surface area contributed by atoms with E-state index in [0.29, 0.717) is 6.54 Å². The molecule has 0 aliphatic rings. The SMILES string of the molecule is Cc1ccc(C(=O)CNCCCCCO)cc1C. The standard InChI is InChI=1S/C15H23NO2/c1-12-6-7-14(10-13(12)2)15(18)11-16-8-4-3-5-9-17/h6-7,10,16-17H,3-5,8-9,11H2,1-2H3. The molecule has 1 rings (SSSR count). The van der Waals surface area contributed by atoms with Gasteiger partial charge in [0.25, 0.3) is 0 Å². The topological polar surface area (TPSA) is 49.3 Å². The average molecular weight is 249 g/mol. The summed E-state index contributed by atoms with van der Waals surface area (Å²) < 4.78 is 0. The van der Waals surface area contributed by atoms with Gasteiger partial charge >= 0.3 is 0 Å². The number of benzene rings is 1. The average Bonchev–Trinajstić information content (AvgIpc) is 2.36. The number of nitrogens with one attached hydrogen (secondary N) is 1. The first-order valence-corrected chi connectivity index (χ1v) is 6.57.